The van der Waals surface area contributed by atoms with E-state index in [2.05, 4.69) is 16.2 Å². The van der Waals surface area contributed by atoms with Gasteiger partial charge in [0.1, 0.15) is 0 Å². The summed E-state index contributed by atoms with van der Waals surface area (Å²) < 4.78 is 15.1. The Bertz CT molecular complexity index is 996. The minimum absolute atomic E-state index is 0.225. The van der Waals surface area contributed by atoms with Crippen LogP contribution in [0.3, 0.4) is 0 Å². The summed E-state index contributed by atoms with van der Waals surface area (Å²) in [5.41, 5.74) is 2.47. The van der Waals surface area contributed by atoms with E-state index in [9.17, 15) is 9.65 Å². The molecule has 0 saturated heterocycles. The van der Waals surface area contributed by atoms with Gasteiger partial charge in [0.2, 0.25) is 5.95 Å². The Kier molecular flexibility index (Phi) is 2.20. The van der Waals surface area contributed by atoms with E-state index in [1.54, 1.807) is 16.9 Å². The number of benzene rings is 1. The highest BCUT2D eigenvalue weighted by Gasteiger charge is 2.75. The van der Waals surface area contributed by atoms with Crippen LogP contribution in [0.2, 0.25) is 0 Å². The van der Waals surface area contributed by atoms with Gasteiger partial charge in [0, 0.05) is 17.6 Å². The number of fused-ring (bicyclic) bond motifs is 1. The normalized spacial score (nSPS) is 23.8. The van der Waals surface area contributed by atoms with Crippen LogP contribution in [0.1, 0.15) is 24.8 Å². The van der Waals surface area contributed by atoms with E-state index in [0.717, 1.165) is 35.7 Å². The zero-order chi connectivity index (χ0) is 15.7. The van der Waals surface area contributed by atoms with Crippen LogP contribution in [-0.4, -0.2) is 14.8 Å². The maximum absolute atomic E-state index is 13.4. The van der Waals surface area contributed by atoms with Crippen LogP contribution in [0.25, 0.3) is 16.6 Å². The Hall–Kier alpha value is -2.74. The first-order chi connectivity index (χ1) is 11.2. The lowest BCUT2D eigenvalue weighted by molar-refractivity contribution is 0.582. The summed E-state index contributed by atoms with van der Waals surface area (Å²) in [4.78, 5) is 3.59. The molecular weight excluding hydrogens is 291 g/mol. The standard InChI is InChI=1S/C18H13FN4/c19-16-8-14(3-6-21-16)23-15-7-13(2-1-12(15)9-22-23)18(11-20)10-17(18)4-5-17/h1-3,6-9H,4-5,10H2. The molecule has 4 nitrogen and oxygen atoms in total. The Morgan fingerprint density at radius 3 is 2.78 bits per heavy atom. The molecule has 1 unspecified atom stereocenters. The maximum Gasteiger partial charge on any atom is 0.214 e. The summed E-state index contributed by atoms with van der Waals surface area (Å²) in [5, 5.41) is 15.0. The molecule has 1 aromatic carbocycles. The molecule has 3 aromatic rings. The second-order valence-corrected chi connectivity index (χ2v) is 6.64. The molecule has 23 heavy (non-hydrogen) atoms. The van der Waals surface area contributed by atoms with E-state index in [0.29, 0.717) is 5.69 Å². The number of halogens is 1. The van der Waals surface area contributed by atoms with Gasteiger partial charge in [0.25, 0.3) is 0 Å². The van der Waals surface area contributed by atoms with Crippen LogP contribution in [-0.2, 0) is 5.41 Å². The van der Waals surface area contributed by atoms with E-state index in [-0.39, 0.29) is 10.8 Å². The zero-order valence-electron chi connectivity index (χ0n) is 12.3. The van der Waals surface area contributed by atoms with Crippen molar-refractivity contribution in [2.24, 2.45) is 5.41 Å². The predicted molar refractivity (Wildman–Crippen MR) is 82.4 cm³/mol. The first kappa shape index (κ1) is 12.8. The summed E-state index contributed by atoms with van der Waals surface area (Å²) >= 11 is 0. The lowest BCUT2D eigenvalue weighted by atomic mass is 9.93. The molecule has 1 atom stereocenters. The molecule has 0 amide bonds. The number of nitrogens with zero attached hydrogens (tertiary/aromatic N) is 4. The van der Waals surface area contributed by atoms with E-state index in [1.807, 2.05) is 18.2 Å². The Labute approximate surface area is 132 Å². The first-order valence-corrected chi connectivity index (χ1v) is 7.69. The van der Waals surface area contributed by atoms with Gasteiger partial charge in [-0.3, -0.25) is 0 Å². The van der Waals surface area contributed by atoms with Crippen molar-refractivity contribution in [1.82, 2.24) is 14.8 Å². The number of hydrogen-bond donors (Lipinski definition) is 0. The second kappa shape index (κ2) is 3.96. The van der Waals surface area contributed by atoms with E-state index < -0.39 is 5.95 Å². The maximum atomic E-state index is 13.4. The third-order valence-corrected chi connectivity index (χ3v) is 5.45. The average molecular weight is 304 g/mol. The zero-order valence-corrected chi connectivity index (χ0v) is 12.3. The van der Waals surface area contributed by atoms with E-state index in [1.165, 1.54) is 12.3 Å². The molecular formula is C18H13FN4. The van der Waals surface area contributed by atoms with Gasteiger partial charge in [-0.25, -0.2) is 9.67 Å². The van der Waals surface area contributed by atoms with Crippen molar-refractivity contribution >= 4 is 10.9 Å². The van der Waals surface area contributed by atoms with Gasteiger partial charge in [-0.05, 0) is 42.4 Å². The number of hydrogen-bond acceptors (Lipinski definition) is 3. The van der Waals surface area contributed by atoms with Crippen molar-refractivity contribution in [3.8, 4) is 11.8 Å². The van der Waals surface area contributed by atoms with Gasteiger partial charge in [0.05, 0.1) is 28.9 Å². The Morgan fingerprint density at radius 2 is 2.09 bits per heavy atom. The van der Waals surface area contributed by atoms with Gasteiger partial charge in [-0.15, -0.1) is 0 Å². The summed E-state index contributed by atoms with van der Waals surface area (Å²) in [5.74, 6) is -0.532. The second-order valence-electron chi connectivity index (χ2n) is 6.64. The number of pyridine rings is 1. The molecule has 0 aliphatic heterocycles. The van der Waals surface area contributed by atoms with Gasteiger partial charge >= 0.3 is 0 Å². The molecule has 5 heteroatoms. The number of rotatable bonds is 2. The SMILES string of the molecule is N#CC1(c2ccc3cnn(-c4ccnc(F)c4)c3c2)CC12CC2. The molecule has 112 valence electrons. The van der Waals surface area contributed by atoms with E-state index in [4.69, 9.17) is 0 Å². The van der Waals surface area contributed by atoms with Gasteiger partial charge in [-0.2, -0.15) is 14.8 Å². The smallest absolute Gasteiger partial charge is 0.214 e. The van der Waals surface area contributed by atoms with Gasteiger partial charge in [-0.1, -0.05) is 12.1 Å². The van der Waals surface area contributed by atoms with Crippen LogP contribution in [0.15, 0.2) is 42.7 Å². The van der Waals surface area contributed by atoms with Crippen LogP contribution < -0.4 is 0 Å². The molecule has 2 saturated carbocycles. The van der Waals surface area contributed by atoms with Crippen molar-refractivity contribution in [3.05, 3.63) is 54.2 Å². The van der Waals surface area contributed by atoms with E-state index >= 15 is 0 Å². The molecule has 0 bridgehead atoms. The minimum atomic E-state index is -0.532. The largest absolute Gasteiger partial charge is 0.233 e. The molecule has 0 N–H and O–H groups in total. The fraction of sp³-hybridized carbons (Fsp3) is 0.278. The predicted octanol–water partition coefficient (Wildman–Crippen LogP) is 3.50. The fourth-order valence-corrected chi connectivity index (χ4v) is 3.86. The lowest BCUT2D eigenvalue weighted by Gasteiger charge is -2.10. The molecule has 2 heterocycles. The van der Waals surface area contributed by atoms with Crippen molar-refractivity contribution < 1.29 is 4.39 Å². The quantitative estimate of drug-likeness (QED) is 0.681. The van der Waals surface area contributed by atoms with Crippen LogP contribution in [0, 0.1) is 22.7 Å². The van der Waals surface area contributed by atoms with Crippen molar-refractivity contribution in [3.63, 3.8) is 0 Å². The highest BCUT2D eigenvalue weighted by molar-refractivity contribution is 5.82. The molecule has 0 radical (unpaired) electrons. The monoisotopic (exact) mass is 304 g/mol. The average Bonchev–Trinajstić information content (AvgIpc) is 3.44. The van der Waals surface area contributed by atoms with Crippen molar-refractivity contribution in [1.29, 1.82) is 5.26 Å². The minimum Gasteiger partial charge on any atom is -0.233 e. The van der Waals surface area contributed by atoms with Crippen molar-refractivity contribution in [2.75, 3.05) is 0 Å². The number of aromatic nitrogens is 3. The van der Waals surface area contributed by atoms with Gasteiger partial charge < -0.3 is 0 Å². The highest BCUT2D eigenvalue weighted by atomic mass is 19.1. The van der Waals surface area contributed by atoms with Crippen molar-refractivity contribution in [2.45, 2.75) is 24.7 Å². The van der Waals surface area contributed by atoms with Gasteiger partial charge in [0.15, 0.2) is 0 Å². The topological polar surface area (TPSA) is 54.5 Å². The molecule has 2 aromatic heterocycles. The summed E-state index contributed by atoms with van der Waals surface area (Å²) in [6.07, 6.45) is 6.44. The molecule has 2 aliphatic rings. The molecule has 2 fully saturated rings. The van der Waals surface area contributed by atoms with Crippen LogP contribution >= 0.6 is 0 Å². The summed E-state index contributed by atoms with van der Waals surface area (Å²) in [6.45, 7) is 0. The number of nitriles is 1. The summed E-state index contributed by atoms with van der Waals surface area (Å²) in [7, 11) is 0. The highest BCUT2D eigenvalue weighted by Crippen LogP contribution is 2.78. The Balaban J connectivity index is 1.69. The third-order valence-electron chi connectivity index (χ3n) is 5.45. The first-order valence-electron chi connectivity index (χ1n) is 7.69. The van der Waals surface area contributed by atoms with Crippen LogP contribution in [0.4, 0.5) is 4.39 Å². The fourth-order valence-electron chi connectivity index (χ4n) is 3.86. The summed E-state index contributed by atoms with van der Waals surface area (Å²) in [6, 6.07) is 11.7. The third kappa shape index (κ3) is 1.58. The molecule has 5 rings (SSSR count). The lowest BCUT2D eigenvalue weighted by Crippen LogP contribution is -2.08. The Morgan fingerprint density at radius 1 is 1.22 bits per heavy atom. The molecule has 2 aliphatic carbocycles. The van der Waals surface area contributed by atoms with Crippen LogP contribution in [0.5, 0.6) is 0 Å². The molecule has 1 spiro atoms.